The van der Waals surface area contributed by atoms with Gasteiger partial charge >= 0.3 is 0 Å². The maximum Gasteiger partial charge on any atom is 0.264 e. The number of unbranched alkanes of at least 4 members (excludes halogenated alkanes) is 5. The molecule has 1 aromatic carbocycles. The van der Waals surface area contributed by atoms with E-state index in [1.807, 2.05) is 35.2 Å². The van der Waals surface area contributed by atoms with E-state index >= 15 is 0 Å². The molecule has 200 valence electrons. The number of nitrogens with zero attached hydrogens (tertiary/aromatic N) is 2. The third kappa shape index (κ3) is 13.6. The number of aryl methyl sites for hydroxylation is 1. The normalized spacial score (nSPS) is 11.8. The van der Waals surface area contributed by atoms with Crippen molar-refractivity contribution in [3.63, 3.8) is 0 Å². The number of allylic oxidation sites excluding steroid dienone is 2. The Morgan fingerprint density at radius 3 is 1.81 bits per heavy atom. The zero-order valence-corrected chi connectivity index (χ0v) is 22.7. The molecule has 0 saturated heterocycles. The van der Waals surface area contributed by atoms with Crippen molar-refractivity contribution < 1.29 is 23.0 Å². The van der Waals surface area contributed by atoms with Crippen molar-refractivity contribution in [3.8, 4) is 0 Å². The van der Waals surface area contributed by atoms with Gasteiger partial charge in [0.15, 0.2) is 12.4 Å². The van der Waals surface area contributed by atoms with E-state index in [0.717, 1.165) is 25.2 Å². The van der Waals surface area contributed by atoms with Crippen LogP contribution in [0.15, 0.2) is 60.9 Å². The number of hydrogen-bond acceptors (Lipinski definition) is 4. The molecule has 2 N–H and O–H groups in total. The van der Waals surface area contributed by atoms with E-state index < -0.39 is 10.1 Å². The van der Waals surface area contributed by atoms with Crippen LogP contribution in [0, 0.1) is 0 Å². The van der Waals surface area contributed by atoms with Gasteiger partial charge in [0.1, 0.15) is 6.54 Å². The highest BCUT2D eigenvalue weighted by Crippen LogP contribution is 2.18. The Bertz CT molecular complexity index is 991. The first-order valence-electron chi connectivity index (χ1n) is 13.1. The van der Waals surface area contributed by atoms with Gasteiger partial charge in [-0.25, -0.2) is 4.57 Å². The predicted molar refractivity (Wildman–Crippen MR) is 150 cm³/mol. The van der Waals surface area contributed by atoms with Gasteiger partial charge in [-0.05, 0) is 42.5 Å². The third-order valence-corrected chi connectivity index (χ3v) is 6.80. The topological polar surface area (TPSA) is 91.5 Å². The van der Waals surface area contributed by atoms with E-state index in [4.69, 9.17) is 4.55 Å². The number of rotatable bonds is 17. The lowest BCUT2D eigenvalue weighted by Crippen LogP contribution is -2.32. The van der Waals surface area contributed by atoms with E-state index in [0.29, 0.717) is 12.8 Å². The third-order valence-electron chi connectivity index (χ3n) is 6.00. The fourth-order valence-electron chi connectivity index (χ4n) is 3.91. The summed E-state index contributed by atoms with van der Waals surface area (Å²) in [6.45, 7) is 7.51. The first-order valence-corrected chi connectivity index (χ1v) is 14.7. The molecule has 1 aromatic heterocycles. The number of anilines is 1. The second-order valence-electron chi connectivity index (χ2n) is 9.07. The number of benzene rings is 1. The fourth-order valence-corrected chi connectivity index (χ4v) is 4.48. The fraction of sp³-hybridized carbons (Fsp3) is 0.483. The van der Waals surface area contributed by atoms with Crippen molar-refractivity contribution in [1.29, 1.82) is 0 Å². The first-order chi connectivity index (χ1) is 16.9. The standard InChI is InChI=1S/C29H42N2O3S.H2O/c1-3-5-9-22-31(23-10-6-4-2)29-17-15-27(16-18-29)13-7-8-14-28-19-24-30(25-20-28)21-11-12-26-35(32,33)34;/h7-8,13-20,24-25H,3-6,9-12,21-23,26H2,1-2H3;1H2. The van der Waals surface area contributed by atoms with Crippen molar-refractivity contribution >= 4 is 28.0 Å². The average Bonchev–Trinajstić information content (AvgIpc) is 2.84. The van der Waals surface area contributed by atoms with Crippen LogP contribution in [-0.2, 0) is 16.7 Å². The first kappa shape index (κ1) is 31.5. The van der Waals surface area contributed by atoms with E-state index in [9.17, 15) is 8.42 Å². The Hall–Kier alpha value is -2.48. The second-order valence-corrected chi connectivity index (χ2v) is 10.6. The molecule has 7 heteroatoms. The van der Waals surface area contributed by atoms with Crippen molar-refractivity contribution in [2.75, 3.05) is 23.7 Å². The zero-order valence-electron chi connectivity index (χ0n) is 21.9. The average molecular weight is 517 g/mol. The second kappa shape index (κ2) is 17.9. The van der Waals surface area contributed by atoms with E-state index in [2.05, 4.69) is 61.2 Å². The lowest BCUT2D eigenvalue weighted by molar-refractivity contribution is -0.697. The smallest absolute Gasteiger partial charge is 0.264 e. The summed E-state index contributed by atoms with van der Waals surface area (Å²) in [7, 11) is -3.86. The highest BCUT2D eigenvalue weighted by molar-refractivity contribution is 7.85. The monoisotopic (exact) mass is 516 g/mol. The Kier molecular flexibility index (Phi) is 15.7. The van der Waals surface area contributed by atoms with Crippen molar-refractivity contribution in [3.05, 3.63) is 72.1 Å². The molecule has 0 fully saturated rings. The SMILES string of the molecule is CCCCCN(CCCCC)c1ccc(/C=C/C=C/c2cc[n+](CCCCS(=O)(=O)O)cc2)cc1.[OH-]. The molecule has 2 rings (SSSR count). The largest absolute Gasteiger partial charge is 0.870 e. The summed E-state index contributed by atoms with van der Waals surface area (Å²) < 4.78 is 32.3. The molecule has 36 heavy (non-hydrogen) atoms. The van der Waals surface area contributed by atoms with Crippen LogP contribution in [0.2, 0.25) is 0 Å². The summed E-state index contributed by atoms with van der Waals surface area (Å²) in [6, 6.07) is 12.9. The molecule has 0 saturated carbocycles. The highest BCUT2D eigenvalue weighted by atomic mass is 32.2. The van der Waals surface area contributed by atoms with Gasteiger partial charge in [-0.1, -0.05) is 76.0 Å². The lowest BCUT2D eigenvalue weighted by Gasteiger charge is -2.25. The summed E-state index contributed by atoms with van der Waals surface area (Å²) in [6.07, 6.45) is 21.0. The molecule has 0 aliphatic heterocycles. The van der Waals surface area contributed by atoms with Crippen LogP contribution in [0.4, 0.5) is 5.69 Å². The summed E-state index contributed by atoms with van der Waals surface area (Å²) in [4.78, 5) is 2.54. The van der Waals surface area contributed by atoms with Crippen LogP contribution in [-0.4, -0.2) is 37.3 Å². The Morgan fingerprint density at radius 2 is 1.31 bits per heavy atom. The Labute approximate surface area is 218 Å². The number of hydrogen-bond donors (Lipinski definition) is 1. The maximum atomic E-state index is 10.8. The van der Waals surface area contributed by atoms with Gasteiger partial charge in [-0.3, -0.25) is 4.55 Å². The number of pyridine rings is 1. The Balaban J connectivity index is 0.00000648. The van der Waals surface area contributed by atoms with E-state index in [1.165, 1.54) is 49.8 Å². The molecule has 0 bridgehead atoms. The highest BCUT2D eigenvalue weighted by Gasteiger charge is 2.07. The number of aromatic nitrogens is 1. The molecule has 6 nitrogen and oxygen atoms in total. The molecule has 1 heterocycles. The van der Waals surface area contributed by atoms with Gasteiger partial charge < -0.3 is 10.4 Å². The van der Waals surface area contributed by atoms with E-state index in [-0.39, 0.29) is 11.2 Å². The predicted octanol–water partition coefficient (Wildman–Crippen LogP) is 6.38. The molecular formula is C29H44N2O4S. The molecule has 0 unspecified atom stereocenters. The van der Waals surface area contributed by atoms with Gasteiger partial charge in [0.2, 0.25) is 0 Å². The van der Waals surface area contributed by atoms with Gasteiger partial charge in [0, 0.05) is 37.3 Å². The van der Waals surface area contributed by atoms with Crippen molar-refractivity contribution in [2.24, 2.45) is 0 Å². The quantitative estimate of drug-likeness (QED) is 0.114. The van der Waals surface area contributed by atoms with Gasteiger partial charge in [-0.15, -0.1) is 0 Å². The minimum atomic E-state index is -3.86. The van der Waals surface area contributed by atoms with Crippen LogP contribution < -0.4 is 9.47 Å². The molecule has 0 radical (unpaired) electrons. The van der Waals surface area contributed by atoms with Crippen LogP contribution in [0.1, 0.15) is 76.3 Å². The van der Waals surface area contributed by atoms with Gasteiger partial charge in [0.25, 0.3) is 10.1 Å². The Morgan fingerprint density at radius 1 is 0.778 bits per heavy atom. The molecule has 0 aliphatic carbocycles. The van der Waals surface area contributed by atoms with Gasteiger partial charge in [-0.2, -0.15) is 8.42 Å². The van der Waals surface area contributed by atoms with Crippen LogP contribution in [0.5, 0.6) is 0 Å². The van der Waals surface area contributed by atoms with Crippen LogP contribution in [0.3, 0.4) is 0 Å². The van der Waals surface area contributed by atoms with Gasteiger partial charge in [0.05, 0.1) is 5.75 Å². The lowest BCUT2D eigenvalue weighted by atomic mass is 10.1. The molecule has 0 spiro atoms. The van der Waals surface area contributed by atoms with Crippen LogP contribution >= 0.6 is 0 Å². The van der Waals surface area contributed by atoms with Crippen molar-refractivity contribution in [1.82, 2.24) is 0 Å². The molecule has 0 amide bonds. The summed E-state index contributed by atoms with van der Waals surface area (Å²) in [5.41, 5.74) is 3.62. The summed E-state index contributed by atoms with van der Waals surface area (Å²) >= 11 is 0. The van der Waals surface area contributed by atoms with Crippen molar-refractivity contribution in [2.45, 2.75) is 71.8 Å². The maximum absolute atomic E-state index is 10.8. The molecule has 0 atom stereocenters. The summed E-state index contributed by atoms with van der Waals surface area (Å²) in [5.74, 6) is -0.181. The van der Waals surface area contributed by atoms with Crippen LogP contribution in [0.25, 0.3) is 12.2 Å². The zero-order chi connectivity index (χ0) is 25.4. The molecule has 0 aliphatic rings. The van der Waals surface area contributed by atoms with E-state index in [1.54, 1.807) is 0 Å². The summed E-state index contributed by atoms with van der Waals surface area (Å²) in [5, 5.41) is 0. The minimum absolute atomic E-state index is 0. The molecular weight excluding hydrogens is 472 g/mol. The molecule has 2 aromatic rings. The minimum Gasteiger partial charge on any atom is -0.870 e.